The Hall–Kier alpha value is -3.20. The summed E-state index contributed by atoms with van der Waals surface area (Å²) in [6.45, 7) is 3.29. The number of thiophene rings is 1. The summed E-state index contributed by atoms with van der Waals surface area (Å²) in [5.41, 5.74) is 1.07. The molecule has 0 atom stereocenters. The zero-order valence-corrected chi connectivity index (χ0v) is 18.1. The monoisotopic (exact) mass is 443 g/mol. The van der Waals surface area contributed by atoms with Gasteiger partial charge in [0.2, 0.25) is 0 Å². The first-order valence-corrected chi connectivity index (χ1v) is 11.1. The Bertz CT molecular complexity index is 946. The van der Waals surface area contributed by atoms with Crippen LogP contribution in [0, 0.1) is 0 Å². The molecule has 8 nitrogen and oxygen atoms in total. The lowest BCUT2D eigenvalue weighted by Gasteiger charge is -2.20. The number of hydrogen-bond donors (Lipinski definition) is 2. The van der Waals surface area contributed by atoms with E-state index in [0.29, 0.717) is 16.1 Å². The van der Waals surface area contributed by atoms with E-state index in [1.807, 2.05) is 4.90 Å². The van der Waals surface area contributed by atoms with Crippen molar-refractivity contribution in [3.63, 3.8) is 0 Å². The van der Waals surface area contributed by atoms with Crippen molar-refractivity contribution >= 4 is 40.2 Å². The SMILES string of the molecule is CCOC(=O)NC(=O)c1ccsc1NC(=O)c1ccc(C(=O)N2CCCCCC2)cc1. The number of imide groups is 1. The summed E-state index contributed by atoms with van der Waals surface area (Å²) in [6.07, 6.45) is 3.47. The molecular formula is C22H25N3O5S. The van der Waals surface area contributed by atoms with Gasteiger partial charge in [0.05, 0.1) is 12.2 Å². The summed E-state index contributed by atoms with van der Waals surface area (Å²) in [7, 11) is 0. The van der Waals surface area contributed by atoms with Crippen LogP contribution in [0.3, 0.4) is 0 Å². The molecule has 31 heavy (non-hydrogen) atoms. The molecule has 1 aliphatic rings. The average molecular weight is 444 g/mol. The number of benzene rings is 1. The quantitative estimate of drug-likeness (QED) is 0.729. The van der Waals surface area contributed by atoms with Crippen molar-refractivity contribution in [2.75, 3.05) is 25.0 Å². The van der Waals surface area contributed by atoms with E-state index in [0.717, 1.165) is 50.1 Å². The van der Waals surface area contributed by atoms with Gasteiger partial charge >= 0.3 is 6.09 Å². The second-order valence-electron chi connectivity index (χ2n) is 7.08. The van der Waals surface area contributed by atoms with Crippen molar-refractivity contribution in [2.45, 2.75) is 32.6 Å². The molecule has 0 unspecified atom stereocenters. The number of ether oxygens (including phenoxy) is 1. The third kappa shape index (κ3) is 5.91. The van der Waals surface area contributed by atoms with Gasteiger partial charge in [-0.05, 0) is 55.5 Å². The van der Waals surface area contributed by atoms with Crippen molar-refractivity contribution in [3.8, 4) is 0 Å². The van der Waals surface area contributed by atoms with Gasteiger partial charge in [-0.2, -0.15) is 0 Å². The van der Waals surface area contributed by atoms with Crippen LogP contribution in [-0.4, -0.2) is 48.4 Å². The van der Waals surface area contributed by atoms with Crippen LogP contribution in [-0.2, 0) is 4.74 Å². The number of nitrogens with zero attached hydrogens (tertiary/aromatic N) is 1. The normalized spacial score (nSPS) is 13.8. The molecular weight excluding hydrogens is 418 g/mol. The Morgan fingerprint density at radius 1 is 0.935 bits per heavy atom. The highest BCUT2D eigenvalue weighted by atomic mass is 32.1. The minimum atomic E-state index is -0.847. The fraction of sp³-hybridized carbons (Fsp3) is 0.364. The number of nitrogens with one attached hydrogen (secondary N) is 2. The molecule has 1 saturated heterocycles. The summed E-state index contributed by atoms with van der Waals surface area (Å²) in [5, 5.41) is 6.74. The lowest BCUT2D eigenvalue weighted by Crippen LogP contribution is -2.31. The number of likely N-dealkylation sites (tertiary alicyclic amines) is 1. The van der Waals surface area contributed by atoms with E-state index in [9.17, 15) is 19.2 Å². The predicted octanol–water partition coefficient (Wildman–Crippen LogP) is 3.90. The standard InChI is InChI=1S/C22H25N3O5S/c1-2-30-22(29)24-19(27)17-11-14-31-20(17)23-18(26)15-7-9-16(10-8-15)21(28)25-12-5-3-4-6-13-25/h7-11,14H,2-6,12-13H2,1H3,(H,23,26)(H,24,27,29). The molecule has 164 valence electrons. The Morgan fingerprint density at radius 2 is 1.58 bits per heavy atom. The third-order valence-electron chi connectivity index (χ3n) is 4.92. The summed E-state index contributed by atoms with van der Waals surface area (Å²) in [6, 6.07) is 7.98. The molecule has 2 aromatic rings. The van der Waals surface area contributed by atoms with E-state index in [1.54, 1.807) is 36.6 Å². The molecule has 0 bridgehead atoms. The molecule has 2 heterocycles. The Kier molecular flexibility index (Phi) is 7.77. The van der Waals surface area contributed by atoms with Gasteiger partial charge in [-0.3, -0.25) is 19.7 Å². The molecule has 1 aliphatic heterocycles. The van der Waals surface area contributed by atoms with Gasteiger partial charge in [-0.25, -0.2) is 4.79 Å². The van der Waals surface area contributed by atoms with E-state index in [2.05, 4.69) is 10.6 Å². The molecule has 0 saturated carbocycles. The lowest BCUT2D eigenvalue weighted by atomic mass is 10.1. The predicted molar refractivity (Wildman–Crippen MR) is 118 cm³/mol. The Balaban J connectivity index is 1.64. The highest BCUT2D eigenvalue weighted by Crippen LogP contribution is 2.24. The minimum absolute atomic E-state index is 0.0231. The zero-order chi connectivity index (χ0) is 22.2. The van der Waals surface area contributed by atoms with Crippen LogP contribution in [0.2, 0.25) is 0 Å². The highest BCUT2D eigenvalue weighted by molar-refractivity contribution is 7.14. The van der Waals surface area contributed by atoms with Gasteiger partial charge in [0.25, 0.3) is 17.7 Å². The molecule has 0 radical (unpaired) electrons. The van der Waals surface area contributed by atoms with E-state index in [-0.39, 0.29) is 18.1 Å². The van der Waals surface area contributed by atoms with Crippen molar-refractivity contribution in [1.82, 2.24) is 10.2 Å². The number of amides is 4. The van der Waals surface area contributed by atoms with Crippen molar-refractivity contribution in [3.05, 3.63) is 52.4 Å². The fourth-order valence-corrected chi connectivity index (χ4v) is 4.09. The van der Waals surface area contributed by atoms with Crippen molar-refractivity contribution in [2.24, 2.45) is 0 Å². The largest absolute Gasteiger partial charge is 0.450 e. The third-order valence-corrected chi connectivity index (χ3v) is 5.75. The highest BCUT2D eigenvalue weighted by Gasteiger charge is 2.20. The maximum atomic E-state index is 12.7. The first-order chi connectivity index (χ1) is 15.0. The Labute approximate surface area is 184 Å². The number of hydrogen-bond acceptors (Lipinski definition) is 6. The number of anilines is 1. The van der Waals surface area contributed by atoms with Gasteiger partial charge in [0.15, 0.2) is 0 Å². The van der Waals surface area contributed by atoms with Crippen LogP contribution in [0.15, 0.2) is 35.7 Å². The van der Waals surface area contributed by atoms with Gasteiger partial charge in [-0.1, -0.05) is 12.8 Å². The van der Waals surface area contributed by atoms with Crippen molar-refractivity contribution in [1.29, 1.82) is 0 Å². The summed E-state index contributed by atoms with van der Waals surface area (Å²) >= 11 is 1.16. The molecule has 4 amide bonds. The van der Waals surface area contributed by atoms with Crippen LogP contribution >= 0.6 is 11.3 Å². The van der Waals surface area contributed by atoms with Crippen LogP contribution in [0.4, 0.5) is 9.80 Å². The smallest absolute Gasteiger partial charge is 0.414 e. The van der Waals surface area contributed by atoms with E-state index in [4.69, 9.17) is 4.74 Å². The van der Waals surface area contributed by atoms with Gasteiger partial charge in [0.1, 0.15) is 5.00 Å². The molecule has 0 spiro atoms. The molecule has 0 aliphatic carbocycles. The summed E-state index contributed by atoms with van der Waals surface area (Å²) in [4.78, 5) is 50.8. The second-order valence-corrected chi connectivity index (χ2v) is 7.99. The van der Waals surface area contributed by atoms with E-state index < -0.39 is 17.9 Å². The maximum Gasteiger partial charge on any atom is 0.414 e. The number of carbonyl (C=O) groups excluding carboxylic acids is 4. The molecule has 2 N–H and O–H groups in total. The Morgan fingerprint density at radius 3 is 2.23 bits per heavy atom. The number of alkyl carbamates (subject to hydrolysis) is 1. The average Bonchev–Trinajstić information content (AvgIpc) is 3.05. The maximum absolute atomic E-state index is 12.7. The topological polar surface area (TPSA) is 105 Å². The molecule has 3 rings (SSSR count). The van der Waals surface area contributed by atoms with Crippen molar-refractivity contribution < 1.29 is 23.9 Å². The summed E-state index contributed by atoms with van der Waals surface area (Å²) in [5.74, 6) is -1.10. The summed E-state index contributed by atoms with van der Waals surface area (Å²) < 4.78 is 4.70. The molecule has 1 fully saturated rings. The molecule has 1 aromatic carbocycles. The van der Waals surface area contributed by atoms with Gasteiger partial charge < -0.3 is 15.0 Å². The number of rotatable bonds is 5. The van der Waals surface area contributed by atoms with Crippen LogP contribution in [0.1, 0.15) is 63.7 Å². The lowest BCUT2D eigenvalue weighted by molar-refractivity contribution is 0.0760. The van der Waals surface area contributed by atoms with Crippen LogP contribution in [0.25, 0.3) is 0 Å². The van der Waals surface area contributed by atoms with Crippen LogP contribution < -0.4 is 10.6 Å². The first-order valence-electron chi connectivity index (χ1n) is 10.3. The van der Waals surface area contributed by atoms with E-state index >= 15 is 0 Å². The fourth-order valence-electron chi connectivity index (χ4n) is 3.31. The molecule has 1 aromatic heterocycles. The zero-order valence-electron chi connectivity index (χ0n) is 17.3. The van der Waals surface area contributed by atoms with Gasteiger partial charge in [0, 0.05) is 24.2 Å². The van der Waals surface area contributed by atoms with Crippen LogP contribution in [0.5, 0.6) is 0 Å². The molecule has 9 heteroatoms. The van der Waals surface area contributed by atoms with Gasteiger partial charge in [-0.15, -0.1) is 11.3 Å². The minimum Gasteiger partial charge on any atom is -0.450 e. The second kappa shape index (κ2) is 10.7. The van der Waals surface area contributed by atoms with E-state index in [1.165, 1.54) is 6.07 Å². The number of carbonyl (C=O) groups is 4. The first kappa shape index (κ1) is 22.5.